The molecule has 7 nitrogen and oxygen atoms in total. The Kier molecular flexibility index (Phi) is 3.77. The van der Waals surface area contributed by atoms with Gasteiger partial charge in [-0.15, -0.1) is 0 Å². The third-order valence-corrected chi connectivity index (χ3v) is 3.30. The number of fused-ring (bicyclic) bond motifs is 1. The summed E-state index contributed by atoms with van der Waals surface area (Å²) in [5.41, 5.74) is 7.03. The van der Waals surface area contributed by atoms with Crippen molar-refractivity contribution in [3.63, 3.8) is 0 Å². The zero-order valence-electron chi connectivity index (χ0n) is 9.75. The second-order valence-electron chi connectivity index (χ2n) is 3.63. The van der Waals surface area contributed by atoms with Crippen LogP contribution < -0.4 is 11.1 Å². The monoisotopic (exact) mass is 278 g/mol. The molecule has 1 aromatic carbocycles. The van der Waals surface area contributed by atoms with E-state index in [0.29, 0.717) is 16.8 Å². The number of rotatable bonds is 4. The molecular weight excluding hydrogens is 268 g/mol. The van der Waals surface area contributed by atoms with Crippen molar-refractivity contribution in [2.24, 2.45) is 0 Å². The van der Waals surface area contributed by atoms with Gasteiger partial charge in [-0.1, -0.05) is 0 Å². The number of anilines is 1. The van der Waals surface area contributed by atoms with Gasteiger partial charge in [-0.05, 0) is 12.1 Å². The number of hydrogen-bond acceptors (Lipinski definition) is 6. The van der Waals surface area contributed by atoms with Crippen molar-refractivity contribution in [1.82, 2.24) is 10.3 Å². The molecule has 3 N–H and O–H groups in total. The second kappa shape index (κ2) is 5.49. The molecule has 0 saturated heterocycles. The summed E-state index contributed by atoms with van der Waals surface area (Å²) in [6.07, 6.45) is 0. The van der Waals surface area contributed by atoms with Gasteiger partial charge in [0.05, 0.1) is 6.07 Å². The summed E-state index contributed by atoms with van der Waals surface area (Å²) < 4.78 is 17.1. The number of benzene rings is 1. The zero-order chi connectivity index (χ0) is 13.8. The Morgan fingerprint density at radius 1 is 1.58 bits per heavy atom. The number of carbonyl (C=O) groups is 1. The highest BCUT2D eigenvalue weighted by Crippen LogP contribution is 2.20. The molecule has 1 atom stereocenters. The van der Waals surface area contributed by atoms with Crippen LogP contribution in [0.1, 0.15) is 0 Å². The standard InChI is InChI=1S/C11H10N4O3S/c12-3-4-14-10(16)6-19(17)11-15-8-2-1-7(13)5-9(8)18-11/h1-2,5H,4,6,13H2,(H,14,16). The zero-order valence-corrected chi connectivity index (χ0v) is 10.6. The van der Waals surface area contributed by atoms with Gasteiger partial charge in [-0.3, -0.25) is 4.79 Å². The highest BCUT2D eigenvalue weighted by Gasteiger charge is 2.16. The average Bonchev–Trinajstić information content (AvgIpc) is 2.79. The predicted molar refractivity (Wildman–Crippen MR) is 68.3 cm³/mol. The van der Waals surface area contributed by atoms with Crippen LogP contribution in [0.3, 0.4) is 0 Å². The number of amides is 1. The van der Waals surface area contributed by atoms with Gasteiger partial charge in [0.1, 0.15) is 28.6 Å². The molecule has 2 aromatic rings. The molecule has 19 heavy (non-hydrogen) atoms. The van der Waals surface area contributed by atoms with Crippen molar-refractivity contribution in [3.05, 3.63) is 18.2 Å². The first-order valence-electron chi connectivity index (χ1n) is 5.28. The van der Waals surface area contributed by atoms with Gasteiger partial charge in [-0.2, -0.15) is 5.26 Å². The van der Waals surface area contributed by atoms with E-state index in [9.17, 15) is 9.00 Å². The average molecular weight is 278 g/mol. The second-order valence-corrected chi connectivity index (χ2v) is 4.96. The molecule has 0 aliphatic carbocycles. The van der Waals surface area contributed by atoms with Crippen LogP contribution in [0.15, 0.2) is 27.8 Å². The minimum Gasteiger partial charge on any atom is -0.430 e. The fourth-order valence-corrected chi connectivity index (χ4v) is 2.23. The van der Waals surface area contributed by atoms with Gasteiger partial charge in [0.2, 0.25) is 5.91 Å². The lowest BCUT2D eigenvalue weighted by molar-refractivity contribution is -0.118. The molecule has 0 saturated carbocycles. The van der Waals surface area contributed by atoms with Crippen LogP contribution in [-0.4, -0.2) is 27.4 Å². The largest absolute Gasteiger partial charge is 0.430 e. The first-order chi connectivity index (χ1) is 9.10. The number of oxazole rings is 1. The van der Waals surface area contributed by atoms with E-state index in [0.717, 1.165) is 0 Å². The van der Waals surface area contributed by atoms with Crippen LogP contribution in [0.25, 0.3) is 11.1 Å². The Bertz CT molecular complexity index is 689. The number of aromatic nitrogens is 1. The molecule has 98 valence electrons. The molecule has 0 radical (unpaired) electrons. The molecular formula is C11H10N4O3S. The number of nitrogens with two attached hydrogens (primary N) is 1. The van der Waals surface area contributed by atoms with Crippen molar-refractivity contribution in [1.29, 1.82) is 5.26 Å². The molecule has 8 heteroatoms. The Balaban J connectivity index is 2.13. The number of nitriles is 1. The SMILES string of the molecule is N#CCNC(=O)CS(=O)c1nc2ccc(N)cc2o1. The maximum atomic E-state index is 11.9. The predicted octanol–water partition coefficient (Wildman–Crippen LogP) is 0.157. The van der Waals surface area contributed by atoms with Gasteiger partial charge < -0.3 is 15.5 Å². The molecule has 0 spiro atoms. The summed E-state index contributed by atoms with van der Waals surface area (Å²) in [7, 11) is -1.70. The number of nitrogens with zero attached hydrogens (tertiary/aromatic N) is 2. The molecule has 1 amide bonds. The highest BCUT2D eigenvalue weighted by atomic mass is 32.2. The van der Waals surface area contributed by atoms with Crippen molar-refractivity contribution >= 4 is 33.5 Å². The number of carbonyl (C=O) groups excluding carboxylic acids is 1. The van der Waals surface area contributed by atoms with E-state index in [1.54, 1.807) is 24.3 Å². The first-order valence-corrected chi connectivity index (χ1v) is 6.60. The number of hydrogen-bond donors (Lipinski definition) is 2. The van der Waals surface area contributed by atoms with E-state index in [2.05, 4.69) is 10.3 Å². The third kappa shape index (κ3) is 3.08. The summed E-state index contributed by atoms with van der Waals surface area (Å²) in [6, 6.07) is 6.62. The van der Waals surface area contributed by atoms with Crippen LogP contribution >= 0.6 is 0 Å². The smallest absolute Gasteiger partial charge is 0.288 e. The van der Waals surface area contributed by atoms with Gasteiger partial charge in [0.25, 0.3) is 5.22 Å². The van der Waals surface area contributed by atoms with E-state index in [4.69, 9.17) is 15.4 Å². The van der Waals surface area contributed by atoms with E-state index in [1.807, 2.05) is 0 Å². The normalized spacial score (nSPS) is 11.9. The molecule has 0 fully saturated rings. The molecule has 0 aliphatic heterocycles. The quantitative estimate of drug-likeness (QED) is 0.606. The van der Waals surface area contributed by atoms with Crippen molar-refractivity contribution in [2.75, 3.05) is 18.0 Å². The number of nitrogen functional groups attached to an aromatic ring is 1. The Hall–Kier alpha value is -2.40. The Labute approximate surface area is 110 Å². The van der Waals surface area contributed by atoms with Crippen LogP contribution in [0.5, 0.6) is 0 Å². The molecule has 0 aliphatic rings. The lowest BCUT2D eigenvalue weighted by Gasteiger charge is -1.97. The highest BCUT2D eigenvalue weighted by molar-refractivity contribution is 7.85. The third-order valence-electron chi connectivity index (χ3n) is 2.21. The van der Waals surface area contributed by atoms with Crippen molar-refractivity contribution in [3.8, 4) is 6.07 Å². The summed E-state index contributed by atoms with van der Waals surface area (Å²) in [5.74, 6) is -0.800. The van der Waals surface area contributed by atoms with Gasteiger partial charge >= 0.3 is 0 Å². The van der Waals surface area contributed by atoms with E-state index in [1.165, 1.54) is 0 Å². The van der Waals surface area contributed by atoms with Crippen molar-refractivity contribution < 1.29 is 13.4 Å². The fourth-order valence-electron chi connectivity index (χ4n) is 1.39. The molecule has 2 rings (SSSR count). The fraction of sp³-hybridized carbons (Fsp3) is 0.182. The Morgan fingerprint density at radius 3 is 3.11 bits per heavy atom. The lowest BCUT2D eigenvalue weighted by Crippen LogP contribution is -2.28. The minimum absolute atomic E-state index is 0.0345. The summed E-state index contributed by atoms with van der Waals surface area (Å²) >= 11 is 0. The van der Waals surface area contributed by atoms with Gasteiger partial charge in [0, 0.05) is 11.8 Å². The van der Waals surface area contributed by atoms with Crippen LogP contribution in [0.4, 0.5) is 5.69 Å². The topological polar surface area (TPSA) is 122 Å². The van der Waals surface area contributed by atoms with Crippen LogP contribution in [0.2, 0.25) is 0 Å². The lowest BCUT2D eigenvalue weighted by atomic mass is 10.3. The van der Waals surface area contributed by atoms with Crippen LogP contribution in [0, 0.1) is 11.3 Å². The van der Waals surface area contributed by atoms with E-state index >= 15 is 0 Å². The van der Waals surface area contributed by atoms with Gasteiger partial charge in [-0.25, -0.2) is 9.19 Å². The number of nitrogens with one attached hydrogen (secondary N) is 1. The minimum atomic E-state index is -1.70. The summed E-state index contributed by atoms with van der Waals surface area (Å²) in [6.45, 7) is -0.125. The maximum Gasteiger partial charge on any atom is 0.288 e. The van der Waals surface area contributed by atoms with Crippen molar-refractivity contribution in [2.45, 2.75) is 5.22 Å². The van der Waals surface area contributed by atoms with Crippen LogP contribution in [-0.2, 0) is 15.6 Å². The first kappa shape index (κ1) is 13.0. The Morgan fingerprint density at radius 2 is 2.37 bits per heavy atom. The van der Waals surface area contributed by atoms with E-state index in [-0.39, 0.29) is 17.5 Å². The van der Waals surface area contributed by atoms with Gasteiger partial charge in [0.15, 0.2) is 5.58 Å². The molecule has 1 aromatic heterocycles. The maximum absolute atomic E-state index is 11.9. The molecule has 1 unspecified atom stereocenters. The summed E-state index contributed by atoms with van der Waals surface area (Å²) in [5, 5.41) is 10.6. The molecule has 1 heterocycles. The van der Waals surface area contributed by atoms with E-state index < -0.39 is 16.7 Å². The summed E-state index contributed by atoms with van der Waals surface area (Å²) in [4.78, 5) is 15.3. The molecule has 0 bridgehead atoms.